The molecule has 5 nitrogen and oxygen atoms in total. The van der Waals surface area contributed by atoms with Crippen LogP contribution in [0.15, 0.2) is 45.6 Å². The van der Waals surface area contributed by atoms with E-state index >= 15 is 0 Å². The molecule has 3 rings (SSSR count). The van der Waals surface area contributed by atoms with Gasteiger partial charge in [-0.3, -0.25) is 4.79 Å². The third-order valence-electron chi connectivity index (χ3n) is 3.88. The first kappa shape index (κ1) is 17.9. The topological polar surface area (TPSA) is 68.5 Å². The summed E-state index contributed by atoms with van der Waals surface area (Å²) in [4.78, 5) is 23.6. The van der Waals surface area contributed by atoms with Crippen LogP contribution in [0.1, 0.15) is 11.1 Å². The summed E-state index contributed by atoms with van der Waals surface area (Å²) in [5.41, 5.74) is 1.33. The molecule has 0 fully saturated rings. The first-order valence-electron chi connectivity index (χ1n) is 7.77. The second-order valence-corrected chi connectivity index (χ2v) is 6.21. The predicted molar refractivity (Wildman–Crippen MR) is 97.5 cm³/mol. The van der Waals surface area contributed by atoms with Crippen molar-refractivity contribution in [3.8, 4) is 5.75 Å². The van der Waals surface area contributed by atoms with E-state index in [0.29, 0.717) is 21.9 Å². The average Bonchev–Trinajstić information content (AvgIpc) is 2.58. The lowest BCUT2D eigenvalue weighted by molar-refractivity contribution is -0.118. The van der Waals surface area contributed by atoms with Crippen molar-refractivity contribution in [2.45, 2.75) is 13.8 Å². The number of benzene rings is 2. The second-order valence-electron chi connectivity index (χ2n) is 5.77. The van der Waals surface area contributed by atoms with Crippen molar-refractivity contribution in [1.82, 2.24) is 0 Å². The molecule has 0 unspecified atom stereocenters. The molecule has 3 aromatic rings. The van der Waals surface area contributed by atoms with E-state index in [0.717, 1.165) is 17.0 Å². The van der Waals surface area contributed by atoms with Crippen LogP contribution in [-0.2, 0) is 4.79 Å². The largest absolute Gasteiger partial charge is 0.483 e. The zero-order valence-electron chi connectivity index (χ0n) is 14.1. The lowest BCUT2D eigenvalue weighted by Crippen LogP contribution is -2.21. The predicted octanol–water partition coefficient (Wildman–Crippen LogP) is 4.22. The number of rotatable bonds is 4. The summed E-state index contributed by atoms with van der Waals surface area (Å²) in [5, 5.41) is 3.49. The highest BCUT2D eigenvalue weighted by Crippen LogP contribution is 2.28. The van der Waals surface area contributed by atoms with Gasteiger partial charge < -0.3 is 14.5 Å². The highest BCUT2D eigenvalue weighted by molar-refractivity contribution is 6.30. The molecule has 134 valence electrons. The zero-order valence-corrected chi connectivity index (χ0v) is 14.8. The van der Waals surface area contributed by atoms with E-state index in [-0.39, 0.29) is 12.3 Å². The third kappa shape index (κ3) is 3.70. The van der Waals surface area contributed by atoms with Gasteiger partial charge in [-0.05, 0) is 49.7 Å². The normalized spacial score (nSPS) is 10.8. The molecule has 2 aromatic carbocycles. The number of anilines is 1. The molecule has 0 saturated carbocycles. The minimum atomic E-state index is -0.595. The molecule has 0 aliphatic carbocycles. The maximum atomic E-state index is 13.7. The maximum absolute atomic E-state index is 13.7. The van der Waals surface area contributed by atoms with Gasteiger partial charge in [-0.15, -0.1) is 0 Å². The molecule has 1 N–H and O–H groups in total. The zero-order chi connectivity index (χ0) is 18.8. The van der Waals surface area contributed by atoms with E-state index in [9.17, 15) is 14.0 Å². The summed E-state index contributed by atoms with van der Waals surface area (Å²) in [6.07, 6.45) is 0. The van der Waals surface area contributed by atoms with E-state index in [1.54, 1.807) is 19.1 Å². The summed E-state index contributed by atoms with van der Waals surface area (Å²) in [6, 6.07) is 8.72. The first-order chi connectivity index (χ1) is 12.3. The van der Waals surface area contributed by atoms with Crippen molar-refractivity contribution in [2.24, 2.45) is 0 Å². The lowest BCUT2D eigenvalue weighted by atomic mass is 10.1. The van der Waals surface area contributed by atoms with Gasteiger partial charge in [0.2, 0.25) is 0 Å². The fourth-order valence-electron chi connectivity index (χ4n) is 2.58. The van der Waals surface area contributed by atoms with E-state index in [4.69, 9.17) is 20.8 Å². The van der Waals surface area contributed by atoms with Crippen molar-refractivity contribution < 1.29 is 18.3 Å². The van der Waals surface area contributed by atoms with Crippen LogP contribution >= 0.6 is 11.6 Å². The summed E-state index contributed by atoms with van der Waals surface area (Å²) in [6.45, 7) is 3.20. The van der Waals surface area contributed by atoms with Gasteiger partial charge >= 0.3 is 5.63 Å². The molecule has 7 heteroatoms. The lowest BCUT2D eigenvalue weighted by Gasteiger charge is -2.12. The minimum absolute atomic E-state index is 0.0250. The van der Waals surface area contributed by atoms with E-state index < -0.39 is 17.3 Å². The molecule has 26 heavy (non-hydrogen) atoms. The number of hydrogen-bond donors (Lipinski definition) is 1. The van der Waals surface area contributed by atoms with Gasteiger partial charge in [-0.2, -0.15) is 0 Å². The van der Waals surface area contributed by atoms with Crippen molar-refractivity contribution in [3.05, 3.63) is 68.8 Å². The monoisotopic (exact) mass is 375 g/mol. The highest BCUT2D eigenvalue weighted by Gasteiger charge is 2.13. The quantitative estimate of drug-likeness (QED) is 0.693. The van der Waals surface area contributed by atoms with E-state index in [1.165, 1.54) is 18.2 Å². The summed E-state index contributed by atoms with van der Waals surface area (Å²) in [5.74, 6) is -0.744. The minimum Gasteiger partial charge on any atom is -0.483 e. The molecule has 1 amide bonds. The van der Waals surface area contributed by atoms with Crippen molar-refractivity contribution in [3.63, 3.8) is 0 Å². The summed E-state index contributed by atoms with van der Waals surface area (Å²) >= 11 is 5.79. The summed E-state index contributed by atoms with van der Waals surface area (Å²) < 4.78 is 24.4. The number of ether oxygens (including phenoxy) is 1. The standard InChI is InChI=1S/C19H15ClFNO4/c1-10-7-18(24)26-19-11(2)16(6-4-13(10)19)25-9-17(23)22-15-8-12(20)3-5-14(15)21/h3-8H,9H2,1-2H3,(H,22,23). The van der Waals surface area contributed by atoms with Gasteiger partial charge in [-0.25, -0.2) is 9.18 Å². The molecule has 0 radical (unpaired) electrons. The van der Waals surface area contributed by atoms with Gasteiger partial charge in [0, 0.05) is 22.0 Å². The molecule has 1 aromatic heterocycles. The number of carbonyl (C=O) groups is 1. The molecule has 0 atom stereocenters. The smallest absolute Gasteiger partial charge is 0.336 e. The SMILES string of the molecule is Cc1cc(=O)oc2c(C)c(OCC(=O)Nc3cc(Cl)ccc3F)ccc12. The molecule has 0 bridgehead atoms. The first-order valence-corrected chi connectivity index (χ1v) is 8.14. The third-order valence-corrected chi connectivity index (χ3v) is 4.11. The Hall–Kier alpha value is -2.86. The Morgan fingerprint density at radius 2 is 2.00 bits per heavy atom. The Morgan fingerprint density at radius 1 is 1.23 bits per heavy atom. The molecule has 1 heterocycles. The van der Waals surface area contributed by atoms with Crippen LogP contribution in [0.5, 0.6) is 5.75 Å². The second kappa shape index (κ2) is 7.17. The van der Waals surface area contributed by atoms with Gasteiger partial charge in [0.15, 0.2) is 6.61 Å². The van der Waals surface area contributed by atoms with E-state index in [1.807, 2.05) is 6.92 Å². The van der Waals surface area contributed by atoms with Crippen LogP contribution in [-0.4, -0.2) is 12.5 Å². The van der Waals surface area contributed by atoms with Gasteiger partial charge in [0.05, 0.1) is 5.69 Å². The molecule has 0 aliphatic heterocycles. The maximum Gasteiger partial charge on any atom is 0.336 e. The van der Waals surface area contributed by atoms with Gasteiger partial charge in [0.1, 0.15) is 17.1 Å². The molecule has 0 saturated heterocycles. The molecule has 0 aliphatic rings. The Morgan fingerprint density at radius 3 is 2.77 bits per heavy atom. The number of halogens is 2. The van der Waals surface area contributed by atoms with Crippen molar-refractivity contribution >= 4 is 34.2 Å². The highest BCUT2D eigenvalue weighted by atomic mass is 35.5. The molecule has 0 spiro atoms. The van der Waals surface area contributed by atoms with Crippen LogP contribution in [0.3, 0.4) is 0 Å². The summed E-state index contributed by atoms with van der Waals surface area (Å²) in [7, 11) is 0. The number of amides is 1. The van der Waals surface area contributed by atoms with Gasteiger partial charge in [0.25, 0.3) is 5.91 Å². The number of carbonyl (C=O) groups excluding carboxylic acids is 1. The fraction of sp³-hybridized carbons (Fsp3) is 0.158. The van der Waals surface area contributed by atoms with Crippen molar-refractivity contribution in [2.75, 3.05) is 11.9 Å². The fourth-order valence-corrected chi connectivity index (χ4v) is 2.75. The number of hydrogen-bond acceptors (Lipinski definition) is 4. The Labute approximate surface area is 153 Å². The molecular formula is C19H15ClFNO4. The van der Waals surface area contributed by atoms with Crippen LogP contribution in [0.25, 0.3) is 11.0 Å². The molecular weight excluding hydrogens is 361 g/mol. The Kier molecular flexibility index (Phi) is 4.95. The van der Waals surface area contributed by atoms with Crippen LogP contribution < -0.4 is 15.7 Å². The Balaban J connectivity index is 1.77. The van der Waals surface area contributed by atoms with Crippen molar-refractivity contribution in [1.29, 1.82) is 0 Å². The number of aryl methyl sites for hydroxylation is 2. The van der Waals surface area contributed by atoms with E-state index in [2.05, 4.69) is 5.32 Å². The average molecular weight is 376 g/mol. The van der Waals surface area contributed by atoms with Gasteiger partial charge in [-0.1, -0.05) is 11.6 Å². The van der Waals surface area contributed by atoms with Crippen LogP contribution in [0.2, 0.25) is 5.02 Å². The van der Waals surface area contributed by atoms with Crippen LogP contribution in [0, 0.1) is 19.7 Å². The number of nitrogens with one attached hydrogen (secondary N) is 1. The number of fused-ring (bicyclic) bond motifs is 1. The Bertz CT molecular complexity index is 1060. The van der Waals surface area contributed by atoms with Crippen LogP contribution in [0.4, 0.5) is 10.1 Å².